The zero-order valence-electron chi connectivity index (χ0n) is 16.8. The molecule has 148 valence electrons. The van der Waals surface area contributed by atoms with Crippen molar-refractivity contribution in [3.63, 3.8) is 0 Å². The lowest BCUT2D eigenvalue weighted by Gasteiger charge is -2.39. The maximum Gasteiger partial charge on any atom is 0.150 e. The van der Waals surface area contributed by atoms with E-state index in [0.717, 1.165) is 12.8 Å². The Hall–Kier alpha value is -0.820. The summed E-state index contributed by atoms with van der Waals surface area (Å²) in [4.78, 5) is 23.0. The molecular weight excluding hydrogens is 334 g/mol. The molecule has 2 bridgehead atoms. The molecule has 3 rings (SSSR count). The van der Waals surface area contributed by atoms with Gasteiger partial charge in [-0.25, -0.2) is 9.78 Å². The number of nitroso groups, excluding NO2 is 1. The number of hydrogen-bond donors (Lipinski definition) is 1. The van der Waals surface area contributed by atoms with Gasteiger partial charge in [0, 0.05) is 0 Å². The van der Waals surface area contributed by atoms with Crippen LogP contribution in [0.1, 0.15) is 60.8 Å². The minimum Gasteiger partial charge on any atom is -0.387 e. The fraction of sp³-hybridized carbons (Fsp3) is 0.900. The van der Waals surface area contributed by atoms with Gasteiger partial charge in [0.2, 0.25) is 0 Å². The third-order valence-corrected chi connectivity index (χ3v) is 6.95. The van der Waals surface area contributed by atoms with E-state index in [9.17, 15) is 10.0 Å². The smallest absolute Gasteiger partial charge is 0.150 e. The molecule has 2 aliphatic heterocycles. The van der Waals surface area contributed by atoms with Crippen molar-refractivity contribution < 1.29 is 19.6 Å². The van der Waals surface area contributed by atoms with E-state index in [4.69, 9.17) is 14.5 Å². The van der Waals surface area contributed by atoms with Crippen LogP contribution in [-0.2, 0) is 14.5 Å². The van der Waals surface area contributed by atoms with Gasteiger partial charge in [-0.15, -0.1) is 4.91 Å². The second-order valence-corrected chi connectivity index (χ2v) is 9.39. The molecule has 0 amide bonds. The first-order chi connectivity index (χ1) is 12.1. The van der Waals surface area contributed by atoms with Crippen LogP contribution in [0, 0.1) is 22.7 Å². The second-order valence-electron chi connectivity index (χ2n) is 9.39. The van der Waals surface area contributed by atoms with Crippen molar-refractivity contribution in [2.24, 2.45) is 22.9 Å². The number of rotatable bonds is 6. The van der Waals surface area contributed by atoms with Gasteiger partial charge in [-0.1, -0.05) is 45.0 Å². The van der Waals surface area contributed by atoms with Gasteiger partial charge in [-0.2, -0.15) is 0 Å². The quantitative estimate of drug-likeness (QED) is 0.335. The van der Waals surface area contributed by atoms with Gasteiger partial charge in [0.05, 0.1) is 5.60 Å². The fourth-order valence-electron chi connectivity index (χ4n) is 4.72. The number of hydrogen-bond acceptors (Lipinski definition) is 6. The van der Waals surface area contributed by atoms with Gasteiger partial charge in [-0.3, -0.25) is 0 Å². The Morgan fingerprint density at radius 1 is 1.19 bits per heavy atom. The summed E-state index contributed by atoms with van der Waals surface area (Å²) in [6, 6.07) is 0. The number of aliphatic hydroxyl groups is 1. The van der Waals surface area contributed by atoms with E-state index < -0.39 is 35.1 Å². The Morgan fingerprint density at radius 2 is 1.88 bits per heavy atom. The van der Waals surface area contributed by atoms with Gasteiger partial charge >= 0.3 is 0 Å². The van der Waals surface area contributed by atoms with E-state index in [0.29, 0.717) is 18.3 Å². The summed E-state index contributed by atoms with van der Waals surface area (Å²) >= 11 is 0. The number of allylic oxidation sites excluding steroid dienone is 1. The molecule has 0 aromatic rings. The fourth-order valence-corrected chi connectivity index (χ4v) is 4.72. The van der Waals surface area contributed by atoms with Crippen LogP contribution in [0.5, 0.6) is 0 Å². The van der Waals surface area contributed by atoms with E-state index in [1.165, 1.54) is 0 Å². The van der Waals surface area contributed by atoms with Crippen LogP contribution in [0.2, 0.25) is 0 Å². The minimum absolute atomic E-state index is 0.178. The Balaban J connectivity index is 1.74. The highest BCUT2D eigenvalue weighted by Gasteiger charge is 2.67. The standard InChI is InChI=1S/C20H33NO5/c1-12(2)14-7-8-18(5,21-23)15(11-14)24-25-17-16(22)20(13(3)4)10-9-19(17,6)26-20/h7-8,12-17,22H,9-11H2,1-6H3. The molecule has 7 unspecified atom stereocenters. The van der Waals surface area contributed by atoms with E-state index in [1.807, 2.05) is 13.0 Å². The molecule has 0 aromatic carbocycles. The summed E-state index contributed by atoms with van der Waals surface area (Å²) in [5.41, 5.74) is -2.12. The third-order valence-electron chi connectivity index (χ3n) is 6.95. The van der Waals surface area contributed by atoms with Crippen molar-refractivity contribution >= 4 is 0 Å². The lowest BCUT2D eigenvalue weighted by molar-refractivity contribution is -0.381. The Labute approximate surface area is 156 Å². The van der Waals surface area contributed by atoms with Crippen LogP contribution in [0.25, 0.3) is 0 Å². The Morgan fingerprint density at radius 3 is 2.42 bits per heavy atom. The van der Waals surface area contributed by atoms with Crippen LogP contribution in [-0.4, -0.2) is 40.2 Å². The number of nitrogens with zero attached hydrogens (tertiary/aromatic N) is 1. The molecule has 2 fully saturated rings. The average molecular weight is 367 g/mol. The molecule has 7 atom stereocenters. The molecule has 1 N–H and O–H groups in total. The number of fused-ring (bicyclic) bond motifs is 2. The lowest BCUT2D eigenvalue weighted by Crippen LogP contribution is -2.53. The van der Waals surface area contributed by atoms with E-state index in [2.05, 4.69) is 38.9 Å². The molecule has 26 heavy (non-hydrogen) atoms. The monoisotopic (exact) mass is 367 g/mol. The van der Waals surface area contributed by atoms with Crippen LogP contribution >= 0.6 is 0 Å². The van der Waals surface area contributed by atoms with Gasteiger partial charge in [0.15, 0.2) is 6.10 Å². The van der Waals surface area contributed by atoms with E-state index >= 15 is 0 Å². The second kappa shape index (κ2) is 6.66. The van der Waals surface area contributed by atoms with E-state index in [1.54, 1.807) is 6.92 Å². The first-order valence-corrected chi connectivity index (χ1v) is 9.82. The Kier molecular flexibility index (Phi) is 5.10. The molecule has 0 spiro atoms. The van der Waals surface area contributed by atoms with Crippen molar-refractivity contribution in [1.29, 1.82) is 0 Å². The largest absolute Gasteiger partial charge is 0.387 e. The molecule has 2 heterocycles. The maximum absolute atomic E-state index is 11.4. The molecule has 0 aromatic heterocycles. The summed E-state index contributed by atoms with van der Waals surface area (Å²) in [5.74, 6) is 0.918. The number of aliphatic hydroxyl groups excluding tert-OH is 1. The molecular formula is C20H33NO5. The maximum atomic E-state index is 11.4. The lowest BCUT2D eigenvalue weighted by atomic mass is 9.73. The van der Waals surface area contributed by atoms with Crippen LogP contribution in [0.3, 0.4) is 0 Å². The summed E-state index contributed by atoms with van der Waals surface area (Å²) in [5, 5.41) is 14.2. The van der Waals surface area contributed by atoms with Crippen molar-refractivity contribution in [2.45, 2.75) is 95.9 Å². The van der Waals surface area contributed by atoms with Crippen LogP contribution in [0.4, 0.5) is 0 Å². The van der Waals surface area contributed by atoms with Crippen LogP contribution in [0.15, 0.2) is 17.3 Å². The van der Waals surface area contributed by atoms with Gasteiger partial charge in [0.25, 0.3) is 0 Å². The Bertz CT molecular complexity index is 579. The molecule has 6 heteroatoms. The van der Waals surface area contributed by atoms with Crippen molar-refractivity contribution in [2.75, 3.05) is 0 Å². The highest BCUT2D eigenvalue weighted by molar-refractivity contribution is 5.17. The number of ether oxygens (including phenoxy) is 1. The molecule has 3 aliphatic rings. The minimum atomic E-state index is -0.967. The third kappa shape index (κ3) is 2.95. The topological polar surface area (TPSA) is 77.4 Å². The summed E-state index contributed by atoms with van der Waals surface area (Å²) < 4.78 is 6.26. The highest BCUT2D eigenvalue weighted by Crippen LogP contribution is 2.55. The first-order valence-electron chi connectivity index (χ1n) is 9.82. The first kappa shape index (κ1) is 19.9. The predicted molar refractivity (Wildman–Crippen MR) is 98.3 cm³/mol. The van der Waals surface area contributed by atoms with Gasteiger partial charge in [0.1, 0.15) is 23.3 Å². The molecule has 2 saturated heterocycles. The van der Waals surface area contributed by atoms with Crippen molar-refractivity contribution in [1.82, 2.24) is 0 Å². The molecule has 1 aliphatic carbocycles. The zero-order valence-corrected chi connectivity index (χ0v) is 16.8. The van der Waals surface area contributed by atoms with Gasteiger partial charge in [-0.05, 0) is 50.9 Å². The average Bonchev–Trinajstić information content (AvgIpc) is 3.05. The van der Waals surface area contributed by atoms with Crippen molar-refractivity contribution in [3.8, 4) is 0 Å². The summed E-state index contributed by atoms with van der Waals surface area (Å²) in [7, 11) is 0. The van der Waals surface area contributed by atoms with Crippen molar-refractivity contribution in [3.05, 3.63) is 17.1 Å². The van der Waals surface area contributed by atoms with E-state index in [-0.39, 0.29) is 5.92 Å². The summed E-state index contributed by atoms with van der Waals surface area (Å²) in [6.45, 7) is 12.1. The van der Waals surface area contributed by atoms with Crippen LogP contribution < -0.4 is 0 Å². The SMILES string of the molecule is CC(C)C1C=CC(C)(N=O)C(OOC2C(O)C3(C(C)C)CCC2(C)O3)C1. The normalized spacial score (nSPS) is 47.9. The van der Waals surface area contributed by atoms with Gasteiger partial charge < -0.3 is 9.84 Å². The molecule has 0 saturated carbocycles. The predicted octanol–water partition coefficient (Wildman–Crippen LogP) is 3.77. The highest BCUT2D eigenvalue weighted by atomic mass is 17.2. The summed E-state index contributed by atoms with van der Waals surface area (Å²) in [6.07, 6.45) is 4.36. The molecule has 6 nitrogen and oxygen atoms in total. The molecule has 0 radical (unpaired) electrons. The zero-order chi connectivity index (χ0) is 19.3.